The Morgan fingerprint density at radius 3 is 2.40 bits per heavy atom. The van der Waals surface area contributed by atoms with E-state index in [2.05, 4.69) is 61.1 Å². The average Bonchev–Trinajstić information content (AvgIpc) is 2.62. The number of hydrogen-bond donors (Lipinski definition) is 0. The molecule has 0 bridgehead atoms. The van der Waals surface area contributed by atoms with Gasteiger partial charge in [-0.15, -0.1) is 6.58 Å². The fraction of sp³-hybridized carbons (Fsp3) is 0.867. The van der Waals surface area contributed by atoms with E-state index in [1.54, 1.807) is 0 Å². The van der Waals surface area contributed by atoms with Gasteiger partial charge in [-0.3, -0.25) is 0 Å². The van der Waals surface area contributed by atoms with Crippen molar-refractivity contribution in [2.45, 2.75) is 126 Å². The van der Waals surface area contributed by atoms with Crippen LogP contribution < -0.4 is 0 Å². The van der Waals surface area contributed by atoms with Crippen molar-refractivity contribution in [2.75, 3.05) is 0 Å². The van der Waals surface area contributed by atoms with E-state index < -0.39 is 0 Å². The molecule has 0 amide bonds. The summed E-state index contributed by atoms with van der Waals surface area (Å²) in [5.74, 6) is 1.80. The molecule has 4 aliphatic rings. The van der Waals surface area contributed by atoms with Gasteiger partial charge in [0, 0.05) is 0 Å². The van der Waals surface area contributed by atoms with Crippen molar-refractivity contribution in [3.63, 3.8) is 0 Å². The van der Waals surface area contributed by atoms with Crippen LogP contribution in [0.25, 0.3) is 0 Å². The summed E-state index contributed by atoms with van der Waals surface area (Å²) in [6.07, 6.45) is 19.5. The van der Waals surface area contributed by atoms with Gasteiger partial charge in [0.2, 0.25) is 0 Å². The first-order valence-corrected chi connectivity index (χ1v) is 13.2. The topological polar surface area (TPSA) is 0 Å². The molecule has 3 fully saturated rings. The van der Waals surface area contributed by atoms with Crippen LogP contribution in [0.2, 0.25) is 0 Å². The van der Waals surface area contributed by atoms with Gasteiger partial charge in [-0.05, 0) is 116 Å². The van der Waals surface area contributed by atoms with Crippen LogP contribution in [0, 0.1) is 38.9 Å². The molecule has 0 nitrogen and oxygen atoms in total. The number of rotatable bonds is 4. The van der Waals surface area contributed by atoms with Crippen LogP contribution in [0.5, 0.6) is 0 Å². The van der Waals surface area contributed by atoms with Crippen LogP contribution in [0.4, 0.5) is 0 Å². The van der Waals surface area contributed by atoms with Gasteiger partial charge in [0.15, 0.2) is 0 Å². The summed E-state index contributed by atoms with van der Waals surface area (Å²) in [5, 5.41) is 0. The lowest BCUT2D eigenvalue weighted by Crippen LogP contribution is -2.61. The minimum atomic E-state index is 0.430. The first-order chi connectivity index (χ1) is 13.9. The minimum Gasteiger partial charge on any atom is -0.100 e. The Morgan fingerprint density at radius 1 is 0.967 bits per heavy atom. The van der Waals surface area contributed by atoms with Gasteiger partial charge in [0.25, 0.3) is 0 Å². The summed E-state index contributed by atoms with van der Waals surface area (Å²) in [6.45, 7) is 22.2. The van der Waals surface area contributed by atoms with Crippen molar-refractivity contribution in [3.8, 4) is 0 Å². The molecule has 4 aliphatic carbocycles. The number of allylic oxidation sites excluding steroid dienone is 3. The minimum absolute atomic E-state index is 0.430. The van der Waals surface area contributed by atoms with Gasteiger partial charge in [0.05, 0.1) is 0 Å². The zero-order valence-electron chi connectivity index (χ0n) is 21.4. The molecule has 0 aliphatic heterocycles. The Morgan fingerprint density at radius 2 is 1.70 bits per heavy atom. The lowest BCUT2D eigenvalue weighted by Gasteiger charge is -2.69. The molecule has 170 valence electrons. The summed E-state index contributed by atoms with van der Waals surface area (Å²) in [4.78, 5) is 0. The van der Waals surface area contributed by atoms with Crippen molar-refractivity contribution in [1.82, 2.24) is 0 Å². The monoisotopic (exact) mass is 410 g/mol. The summed E-state index contributed by atoms with van der Waals surface area (Å²) in [7, 11) is 0. The van der Waals surface area contributed by atoms with Gasteiger partial charge in [-0.2, -0.15) is 0 Å². The molecule has 0 N–H and O–H groups in total. The Hall–Kier alpha value is -0.520. The first kappa shape index (κ1) is 22.7. The van der Waals surface area contributed by atoms with E-state index in [0.717, 1.165) is 11.8 Å². The highest BCUT2D eigenvalue weighted by atomic mass is 14.7. The molecule has 0 aromatic carbocycles. The maximum atomic E-state index is 4.13. The lowest BCUT2D eigenvalue weighted by molar-refractivity contribution is -0.172. The van der Waals surface area contributed by atoms with E-state index in [1.807, 2.05) is 5.57 Å². The molecule has 4 rings (SSSR count). The van der Waals surface area contributed by atoms with Crippen molar-refractivity contribution >= 4 is 0 Å². The molecule has 6 atom stereocenters. The Balaban J connectivity index is 1.61. The Bertz CT molecular complexity index is 724. The first-order valence-electron chi connectivity index (χ1n) is 13.2. The van der Waals surface area contributed by atoms with E-state index in [0.29, 0.717) is 27.1 Å². The zero-order valence-corrected chi connectivity index (χ0v) is 21.4. The second-order valence-corrected chi connectivity index (χ2v) is 14.0. The molecular formula is C30H50. The van der Waals surface area contributed by atoms with Crippen LogP contribution >= 0.6 is 0 Å². The molecule has 30 heavy (non-hydrogen) atoms. The molecule has 0 aromatic heterocycles. The third kappa shape index (κ3) is 3.29. The van der Waals surface area contributed by atoms with E-state index in [4.69, 9.17) is 0 Å². The van der Waals surface area contributed by atoms with Crippen LogP contribution in [-0.4, -0.2) is 0 Å². The van der Waals surface area contributed by atoms with Crippen molar-refractivity contribution in [2.24, 2.45) is 38.9 Å². The Labute approximate surface area is 188 Å². The highest BCUT2D eigenvalue weighted by Crippen LogP contribution is 2.73. The molecule has 0 radical (unpaired) electrons. The van der Waals surface area contributed by atoms with Crippen molar-refractivity contribution < 1.29 is 0 Å². The number of hydrogen-bond acceptors (Lipinski definition) is 0. The zero-order chi connectivity index (χ0) is 22.0. The second-order valence-electron chi connectivity index (χ2n) is 14.0. The maximum Gasteiger partial charge on any atom is -0.00593 e. The van der Waals surface area contributed by atoms with Gasteiger partial charge < -0.3 is 0 Å². The predicted molar refractivity (Wildman–Crippen MR) is 131 cm³/mol. The highest BCUT2D eigenvalue weighted by Gasteiger charge is 2.65. The normalized spacial score (nSPS) is 47.5. The molecular weight excluding hydrogens is 360 g/mol. The molecule has 0 saturated heterocycles. The predicted octanol–water partition coefficient (Wildman–Crippen LogP) is 9.51. The molecule has 3 saturated carbocycles. The van der Waals surface area contributed by atoms with Gasteiger partial charge in [0.1, 0.15) is 0 Å². The molecule has 0 spiro atoms. The smallest absolute Gasteiger partial charge is 0.00593 e. The molecule has 0 heterocycles. The standard InChI is InChI=1S/C30H50/c1-22(2)11-9-16-27(5)19-20-29(7)23(21-27)12-13-25-28(6)17-10-15-26(3,4)24(28)14-18-30(25,29)8/h12,24-25H,1,9-11,13-21H2,2-8H3. The summed E-state index contributed by atoms with van der Waals surface area (Å²) in [5.41, 5.74) is 5.72. The third-order valence-corrected chi connectivity index (χ3v) is 11.6. The van der Waals surface area contributed by atoms with E-state index >= 15 is 0 Å². The summed E-state index contributed by atoms with van der Waals surface area (Å²) < 4.78 is 0. The average molecular weight is 411 g/mol. The van der Waals surface area contributed by atoms with Gasteiger partial charge in [-0.25, -0.2) is 0 Å². The summed E-state index contributed by atoms with van der Waals surface area (Å²) in [6, 6.07) is 0. The van der Waals surface area contributed by atoms with Gasteiger partial charge >= 0.3 is 0 Å². The third-order valence-electron chi connectivity index (χ3n) is 11.6. The van der Waals surface area contributed by atoms with Crippen LogP contribution in [0.1, 0.15) is 126 Å². The Kier molecular flexibility index (Phi) is 5.47. The number of fused-ring (bicyclic) bond motifs is 5. The SMILES string of the molecule is C=C(C)CCCC1(C)CCC2(C)C(=CCC3C4(C)CCCC(C)(C)C4CCC32C)C1. The second kappa shape index (κ2) is 7.25. The van der Waals surface area contributed by atoms with Crippen LogP contribution in [0.15, 0.2) is 23.8 Å². The van der Waals surface area contributed by atoms with E-state index in [1.165, 1.54) is 82.6 Å². The van der Waals surface area contributed by atoms with Gasteiger partial charge in [-0.1, -0.05) is 65.2 Å². The summed E-state index contributed by atoms with van der Waals surface area (Å²) >= 11 is 0. The van der Waals surface area contributed by atoms with Crippen LogP contribution in [-0.2, 0) is 0 Å². The lowest BCUT2D eigenvalue weighted by atomic mass is 9.35. The largest absolute Gasteiger partial charge is 0.100 e. The quantitative estimate of drug-likeness (QED) is 0.405. The molecule has 6 unspecified atom stereocenters. The van der Waals surface area contributed by atoms with Crippen molar-refractivity contribution in [3.05, 3.63) is 23.8 Å². The molecule has 0 aromatic rings. The maximum absolute atomic E-state index is 4.13. The van der Waals surface area contributed by atoms with Crippen molar-refractivity contribution in [1.29, 1.82) is 0 Å². The van der Waals surface area contributed by atoms with E-state index in [9.17, 15) is 0 Å². The fourth-order valence-corrected chi connectivity index (χ4v) is 9.54. The molecule has 0 heteroatoms. The highest BCUT2D eigenvalue weighted by molar-refractivity contribution is 5.30. The van der Waals surface area contributed by atoms with Crippen LogP contribution in [0.3, 0.4) is 0 Å². The fourth-order valence-electron chi connectivity index (χ4n) is 9.54. The van der Waals surface area contributed by atoms with E-state index in [-0.39, 0.29) is 0 Å².